The van der Waals surface area contributed by atoms with E-state index in [0.29, 0.717) is 18.8 Å². The highest BCUT2D eigenvalue weighted by atomic mass is 32.2. The second-order valence-electron chi connectivity index (χ2n) is 5.36. The van der Waals surface area contributed by atoms with E-state index in [0.717, 1.165) is 6.42 Å². The lowest BCUT2D eigenvalue weighted by Gasteiger charge is -2.22. The number of aryl methyl sites for hydroxylation is 2. The Bertz CT molecular complexity index is 609. The van der Waals surface area contributed by atoms with E-state index in [2.05, 4.69) is 9.71 Å². The van der Waals surface area contributed by atoms with Crippen LogP contribution < -0.4 is 4.72 Å². The minimum absolute atomic E-state index is 0.0720. The number of rotatable bonds is 8. The Morgan fingerprint density at radius 3 is 2.57 bits per heavy atom. The Labute approximate surface area is 125 Å². The van der Waals surface area contributed by atoms with Crippen molar-refractivity contribution in [2.75, 3.05) is 6.54 Å². The van der Waals surface area contributed by atoms with Gasteiger partial charge in [-0.25, -0.2) is 18.1 Å². The Balaban J connectivity index is 2.92. The number of aliphatic carboxylic acids is 1. The van der Waals surface area contributed by atoms with Gasteiger partial charge >= 0.3 is 5.97 Å². The monoisotopic (exact) mass is 317 g/mol. The number of nitrogens with one attached hydrogen (secondary N) is 1. The van der Waals surface area contributed by atoms with Crippen molar-refractivity contribution in [2.45, 2.75) is 52.1 Å². The molecule has 1 aromatic heterocycles. The van der Waals surface area contributed by atoms with Gasteiger partial charge in [-0.05, 0) is 26.7 Å². The van der Waals surface area contributed by atoms with Gasteiger partial charge in [-0.3, -0.25) is 4.79 Å². The topological polar surface area (TPSA) is 101 Å². The van der Waals surface area contributed by atoms with Crippen molar-refractivity contribution in [1.82, 2.24) is 14.3 Å². The van der Waals surface area contributed by atoms with E-state index in [4.69, 9.17) is 5.11 Å². The highest BCUT2D eigenvalue weighted by Crippen LogP contribution is 2.21. The molecule has 21 heavy (non-hydrogen) atoms. The summed E-state index contributed by atoms with van der Waals surface area (Å²) in [6.45, 7) is 7.48. The van der Waals surface area contributed by atoms with Crippen molar-refractivity contribution in [3.05, 3.63) is 12.0 Å². The van der Waals surface area contributed by atoms with E-state index in [-0.39, 0.29) is 11.6 Å². The molecule has 0 radical (unpaired) electrons. The molecule has 0 bridgehead atoms. The number of sulfonamides is 1. The summed E-state index contributed by atoms with van der Waals surface area (Å²) >= 11 is 0. The molecule has 0 spiro atoms. The van der Waals surface area contributed by atoms with Crippen molar-refractivity contribution in [2.24, 2.45) is 5.41 Å². The lowest BCUT2D eigenvalue weighted by molar-refractivity contribution is -0.147. The third-order valence-corrected chi connectivity index (χ3v) is 4.91. The normalized spacial score (nSPS) is 14.9. The standard InChI is InChI=1S/C13H23N3O4S/c1-5-7-16-8-11(15-10(16)3)21(19,20)14-9-13(4,6-2)12(17)18/h8,14H,5-7,9H2,1-4H3,(H,17,18). The van der Waals surface area contributed by atoms with Crippen LogP contribution in [0.2, 0.25) is 0 Å². The molecule has 0 saturated carbocycles. The van der Waals surface area contributed by atoms with Crippen LogP contribution in [0.25, 0.3) is 0 Å². The van der Waals surface area contributed by atoms with Crippen molar-refractivity contribution >= 4 is 16.0 Å². The lowest BCUT2D eigenvalue weighted by atomic mass is 9.88. The van der Waals surface area contributed by atoms with Crippen LogP contribution in [-0.2, 0) is 21.4 Å². The molecule has 0 saturated heterocycles. The van der Waals surface area contributed by atoms with Gasteiger partial charge in [0, 0.05) is 19.3 Å². The summed E-state index contributed by atoms with van der Waals surface area (Å²) in [5, 5.41) is 9.09. The molecule has 8 heteroatoms. The van der Waals surface area contributed by atoms with Crippen LogP contribution in [0.1, 0.15) is 39.4 Å². The predicted molar refractivity (Wildman–Crippen MR) is 78.5 cm³/mol. The first-order chi connectivity index (χ1) is 9.66. The number of nitrogens with zero attached hydrogens (tertiary/aromatic N) is 2. The number of carboxylic acid groups (broad SMARTS) is 1. The molecule has 2 N–H and O–H groups in total. The molecule has 0 aliphatic carbocycles. The maximum Gasteiger partial charge on any atom is 0.310 e. The fraction of sp³-hybridized carbons (Fsp3) is 0.692. The molecule has 0 amide bonds. The molecule has 1 heterocycles. The average Bonchev–Trinajstić information content (AvgIpc) is 2.79. The summed E-state index contributed by atoms with van der Waals surface area (Å²) in [6, 6.07) is 0. The molecule has 1 aromatic rings. The van der Waals surface area contributed by atoms with Gasteiger partial charge in [0.25, 0.3) is 10.0 Å². The van der Waals surface area contributed by atoms with E-state index in [1.165, 1.54) is 13.1 Å². The number of imidazole rings is 1. The van der Waals surface area contributed by atoms with Gasteiger partial charge in [0.05, 0.1) is 5.41 Å². The van der Waals surface area contributed by atoms with Crippen LogP contribution in [0, 0.1) is 12.3 Å². The van der Waals surface area contributed by atoms with Crippen LogP contribution in [0.15, 0.2) is 11.2 Å². The Hall–Kier alpha value is -1.41. The minimum atomic E-state index is -3.80. The van der Waals surface area contributed by atoms with Crippen molar-refractivity contribution < 1.29 is 18.3 Å². The lowest BCUT2D eigenvalue weighted by Crippen LogP contribution is -2.40. The van der Waals surface area contributed by atoms with Gasteiger partial charge in [-0.1, -0.05) is 13.8 Å². The number of carbonyl (C=O) groups is 1. The van der Waals surface area contributed by atoms with Crippen molar-refractivity contribution in [1.29, 1.82) is 0 Å². The molecule has 1 unspecified atom stereocenters. The molecular formula is C13H23N3O4S. The quantitative estimate of drug-likeness (QED) is 0.754. The summed E-state index contributed by atoms with van der Waals surface area (Å²) in [4.78, 5) is 15.2. The Morgan fingerprint density at radius 2 is 2.10 bits per heavy atom. The fourth-order valence-electron chi connectivity index (χ4n) is 1.76. The molecule has 7 nitrogen and oxygen atoms in total. The second kappa shape index (κ2) is 6.57. The van der Waals surface area contributed by atoms with E-state index in [1.807, 2.05) is 6.92 Å². The molecule has 1 rings (SSSR count). The smallest absolute Gasteiger partial charge is 0.310 e. The maximum atomic E-state index is 12.2. The summed E-state index contributed by atoms with van der Waals surface area (Å²) in [5.74, 6) is -0.408. The summed E-state index contributed by atoms with van der Waals surface area (Å²) in [5.41, 5.74) is -1.13. The Morgan fingerprint density at radius 1 is 1.48 bits per heavy atom. The third-order valence-electron chi connectivity index (χ3n) is 3.64. The van der Waals surface area contributed by atoms with Crippen LogP contribution in [0.4, 0.5) is 0 Å². The van der Waals surface area contributed by atoms with Gasteiger partial charge in [0.1, 0.15) is 5.82 Å². The van der Waals surface area contributed by atoms with E-state index < -0.39 is 21.4 Å². The summed E-state index contributed by atoms with van der Waals surface area (Å²) in [6.07, 6.45) is 2.68. The molecule has 0 aliphatic heterocycles. The number of aromatic nitrogens is 2. The van der Waals surface area contributed by atoms with Crippen molar-refractivity contribution in [3.63, 3.8) is 0 Å². The molecule has 1 atom stereocenters. The zero-order valence-electron chi connectivity index (χ0n) is 12.9. The largest absolute Gasteiger partial charge is 0.481 e. The van der Waals surface area contributed by atoms with Gasteiger partial charge in [-0.15, -0.1) is 0 Å². The molecule has 0 aliphatic rings. The van der Waals surface area contributed by atoms with E-state index >= 15 is 0 Å². The number of carboxylic acids is 1. The Kier molecular flexibility index (Phi) is 5.52. The second-order valence-corrected chi connectivity index (χ2v) is 7.08. The maximum absolute atomic E-state index is 12.2. The number of hydrogen-bond donors (Lipinski definition) is 2. The zero-order valence-corrected chi connectivity index (χ0v) is 13.7. The highest BCUT2D eigenvalue weighted by Gasteiger charge is 2.33. The minimum Gasteiger partial charge on any atom is -0.481 e. The molecule has 0 fully saturated rings. The molecular weight excluding hydrogens is 294 g/mol. The van der Waals surface area contributed by atoms with Crippen LogP contribution >= 0.6 is 0 Å². The first kappa shape index (κ1) is 17.6. The van der Waals surface area contributed by atoms with Gasteiger partial charge in [0.15, 0.2) is 5.03 Å². The van der Waals surface area contributed by atoms with Crippen molar-refractivity contribution in [3.8, 4) is 0 Å². The number of hydrogen-bond acceptors (Lipinski definition) is 4. The van der Waals surface area contributed by atoms with E-state index in [1.54, 1.807) is 18.4 Å². The first-order valence-electron chi connectivity index (χ1n) is 6.93. The molecule has 120 valence electrons. The van der Waals surface area contributed by atoms with Crippen LogP contribution in [-0.4, -0.2) is 35.6 Å². The predicted octanol–water partition coefficient (Wildman–Crippen LogP) is 1.38. The van der Waals surface area contributed by atoms with Gasteiger partial charge in [-0.2, -0.15) is 0 Å². The van der Waals surface area contributed by atoms with Crippen LogP contribution in [0.3, 0.4) is 0 Å². The van der Waals surface area contributed by atoms with Gasteiger partial charge in [0.2, 0.25) is 0 Å². The van der Waals surface area contributed by atoms with E-state index in [9.17, 15) is 13.2 Å². The summed E-state index contributed by atoms with van der Waals surface area (Å²) in [7, 11) is -3.80. The van der Waals surface area contributed by atoms with Crippen LogP contribution in [0.5, 0.6) is 0 Å². The highest BCUT2D eigenvalue weighted by molar-refractivity contribution is 7.89. The summed E-state index contributed by atoms with van der Waals surface area (Å²) < 4.78 is 28.5. The molecule has 0 aromatic carbocycles. The zero-order chi connectivity index (χ0) is 16.3. The fourth-order valence-corrected chi connectivity index (χ4v) is 2.93. The average molecular weight is 317 g/mol. The third kappa shape index (κ3) is 4.04. The van der Waals surface area contributed by atoms with Gasteiger partial charge < -0.3 is 9.67 Å². The SMILES string of the molecule is CCCn1cc(S(=O)(=O)NCC(C)(CC)C(=O)O)nc1C. The first-order valence-corrected chi connectivity index (χ1v) is 8.41.